The number of nitrogens with two attached hydrogens (primary N) is 1. The summed E-state index contributed by atoms with van der Waals surface area (Å²) >= 11 is 0. The van der Waals surface area contributed by atoms with Crippen LogP contribution in [0.1, 0.15) is 18.4 Å². The zero-order valence-corrected chi connectivity index (χ0v) is 10.6. The van der Waals surface area contributed by atoms with Gasteiger partial charge in [0, 0.05) is 13.6 Å². The van der Waals surface area contributed by atoms with E-state index >= 15 is 0 Å². The third-order valence-electron chi connectivity index (χ3n) is 2.45. The molecule has 1 unspecified atom stereocenters. The van der Waals surface area contributed by atoms with Crippen LogP contribution in [0.3, 0.4) is 0 Å². The van der Waals surface area contributed by atoms with Gasteiger partial charge >= 0.3 is 0 Å². The van der Waals surface area contributed by atoms with Crippen molar-refractivity contribution in [2.45, 2.75) is 25.6 Å². The van der Waals surface area contributed by atoms with Gasteiger partial charge in [-0.1, -0.05) is 0 Å². The van der Waals surface area contributed by atoms with Gasteiger partial charge in [-0.05, 0) is 26.0 Å². The molecule has 1 heterocycles. The number of aryl methyl sites for hydroxylation is 1. The second kappa shape index (κ2) is 4.99. The first-order chi connectivity index (χ1) is 7.37. The molecule has 92 valence electrons. The van der Waals surface area contributed by atoms with E-state index in [1.54, 1.807) is 13.0 Å². The van der Waals surface area contributed by atoms with E-state index < -0.39 is 15.3 Å². The number of furan rings is 1. The Hall–Kier alpha value is -0.850. The van der Waals surface area contributed by atoms with Crippen LogP contribution in [0.5, 0.6) is 0 Å². The first-order valence-corrected chi connectivity index (χ1v) is 6.58. The van der Waals surface area contributed by atoms with Crippen molar-refractivity contribution < 1.29 is 12.8 Å². The van der Waals surface area contributed by atoms with Crippen LogP contribution < -0.4 is 5.73 Å². The van der Waals surface area contributed by atoms with Crippen LogP contribution in [-0.2, 0) is 16.6 Å². The number of rotatable bonds is 5. The zero-order valence-electron chi connectivity index (χ0n) is 9.80. The molecule has 0 saturated carbocycles. The fourth-order valence-corrected chi connectivity index (χ4v) is 2.47. The summed E-state index contributed by atoms with van der Waals surface area (Å²) in [4.78, 5) is 0. The van der Waals surface area contributed by atoms with Gasteiger partial charge in [0.25, 0.3) is 0 Å². The van der Waals surface area contributed by atoms with Crippen LogP contribution >= 0.6 is 0 Å². The fraction of sp³-hybridized carbons (Fsp3) is 0.600. The third-order valence-corrected chi connectivity index (χ3v) is 4.66. The zero-order chi connectivity index (χ0) is 12.3. The largest absolute Gasteiger partial charge is 0.465 e. The second-order valence-electron chi connectivity index (χ2n) is 3.86. The first-order valence-electron chi connectivity index (χ1n) is 5.08. The maximum Gasteiger partial charge on any atom is 0.218 e. The smallest absolute Gasteiger partial charge is 0.218 e. The molecular weight excluding hydrogens is 228 g/mol. The molecule has 0 fully saturated rings. The fourth-order valence-electron chi connectivity index (χ4n) is 1.31. The second-order valence-corrected chi connectivity index (χ2v) is 6.32. The van der Waals surface area contributed by atoms with E-state index in [4.69, 9.17) is 10.2 Å². The van der Waals surface area contributed by atoms with Gasteiger partial charge in [0.05, 0.1) is 11.8 Å². The highest BCUT2D eigenvalue weighted by Crippen LogP contribution is 2.13. The van der Waals surface area contributed by atoms with E-state index in [9.17, 15) is 8.42 Å². The Kier molecular flexibility index (Phi) is 4.12. The van der Waals surface area contributed by atoms with Gasteiger partial charge in [-0.15, -0.1) is 0 Å². The summed E-state index contributed by atoms with van der Waals surface area (Å²) < 4.78 is 30.3. The molecule has 0 aliphatic rings. The lowest BCUT2D eigenvalue weighted by atomic mass is 10.4. The predicted molar refractivity (Wildman–Crippen MR) is 62.3 cm³/mol. The Bertz CT molecular complexity index is 439. The van der Waals surface area contributed by atoms with Crippen LogP contribution in [0.15, 0.2) is 16.5 Å². The van der Waals surface area contributed by atoms with Crippen molar-refractivity contribution in [2.24, 2.45) is 5.73 Å². The molecule has 16 heavy (non-hydrogen) atoms. The highest BCUT2D eigenvalue weighted by Gasteiger charge is 2.25. The topological polar surface area (TPSA) is 76.5 Å². The van der Waals surface area contributed by atoms with Gasteiger partial charge in [-0.2, -0.15) is 4.31 Å². The van der Waals surface area contributed by atoms with Crippen LogP contribution in [-0.4, -0.2) is 31.6 Å². The summed E-state index contributed by atoms with van der Waals surface area (Å²) in [5, 5.41) is -0.575. The number of hydrogen-bond donors (Lipinski definition) is 1. The molecule has 0 amide bonds. The van der Waals surface area contributed by atoms with Crippen molar-refractivity contribution in [3.05, 3.63) is 23.7 Å². The molecule has 1 aromatic rings. The van der Waals surface area contributed by atoms with Gasteiger partial charge in [0.15, 0.2) is 0 Å². The Labute approximate surface area is 96.3 Å². The van der Waals surface area contributed by atoms with Crippen LogP contribution in [0.25, 0.3) is 0 Å². The van der Waals surface area contributed by atoms with E-state index in [2.05, 4.69) is 0 Å². The molecule has 0 aliphatic carbocycles. The highest BCUT2D eigenvalue weighted by molar-refractivity contribution is 7.89. The molecular formula is C10H18N2O3S. The van der Waals surface area contributed by atoms with Crippen molar-refractivity contribution in [1.82, 2.24) is 4.31 Å². The van der Waals surface area contributed by atoms with E-state index in [0.717, 1.165) is 5.76 Å². The average Bonchev–Trinajstić information content (AvgIpc) is 2.62. The average molecular weight is 246 g/mol. The molecule has 1 atom stereocenters. The first kappa shape index (κ1) is 13.2. The molecule has 1 aromatic heterocycles. The Balaban J connectivity index is 2.76. The maximum atomic E-state index is 11.9. The van der Waals surface area contributed by atoms with Crippen molar-refractivity contribution in [2.75, 3.05) is 13.6 Å². The number of sulfonamides is 1. The summed E-state index contributed by atoms with van der Waals surface area (Å²) in [7, 11) is -1.80. The van der Waals surface area contributed by atoms with Crippen molar-refractivity contribution in [1.29, 1.82) is 0 Å². The Morgan fingerprint density at radius 1 is 1.50 bits per heavy atom. The van der Waals surface area contributed by atoms with Crippen molar-refractivity contribution in [3.8, 4) is 0 Å². The summed E-state index contributed by atoms with van der Waals surface area (Å²) in [5.74, 6) is 1.40. The minimum atomic E-state index is -3.33. The van der Waals surface area contributed by atoms with Crippen molar-refractivity contribution >= 4 is 10.0 Å². The minimum absolute atomic E-state index is 0.115. The monoisotopic (exact) mass is 246 g/mol. The van der Waals surface area contributed by atoms with E-state index in [1.807, 2.05) is 13.0 Å². The van der Waals surface area contributed by atoms with E-state index in [0.29, 0.717) is 5.76 Å². The number of hydrogen-bond acceptors (Lipinski definition) is 4. The third kappa shape index (κ3) is 2.84. The molecule has 5 nitrogen and oxygen atoms in total. The SMILES string of the molecule is Cc1ccc(CN(C)S(=O)(=O)C(C)CN)o1. The lowest BCUT2D eigenvalue weighted by Gasteiger charge is -2.19. The van der Waals surface area contributed by atoms with Gasteiger partial charge in [-0.25, -0.2) is 8.42 Å². The molecule has 2 N–H and O–H groups in total. The molecule has 0 bridgehead atoms. The van der Waals surface area contributed by atoms with Crippen LogP contribution in [0.4, 0.5) is 0 Å². The van der Waals surface area contributed by atoms with Gasteiger partial charge in [0.2, 0.25) is 10.0 Å². The normalized spacial score (nSPS) is 14.3. The summed E-state index contributed by atoms with van der Waals surface area (Å²) in [6.45, 7) is 3.77. The van der Waals surface area contributed by atoms with Gasteiger partial charge < -0.3 is 10.2 Å². The van der Waals surface area contributed by atoms with Gasteiger partial charge in [-0.3, -0.25) is 0 Å². The van der Waals surface area contributed by atoms with Crippen LogP contribution in [0.2, 0.25) is 0 Å². The van der Waals surface area contributed by atoms with E-state index in [-0.39, 0.29) is 13.1 Å². The molecule has 1 rings (SSSR count). The molecule has 0 spiro atoms. The quantitative estimate of drug-likeness (QED) is 0.829. The lowest BCUT2D eigenvalue weighted by Crippen LogP contribution is -2.38. The Morgan fingerprint density at radius 2 is 2.12 bits per heavy atom. The lowest BCUT2D eigenvalue weighted by molar-refractivity contribution is 0.394. The molecule has 0 radical (unpaired) electrons. The molecule has 0 aromatic carbocycles. The minimum Gasteiger partial charge on any atom is -0.465 e. The standard InChI is InChI=1S/C10H18N2O3S/c1-8-4-5-10(15-8)7-12(3)16(13,14)9(2)6-11/h4-5,9H,6-7,11H2,1-3H3. The summed E-state index contributed by atoms with van der Waals surface area (Å²) in [6, 6.07) is 3.58. The summed E-state index contributed by atoms with van der Waals surface area (Å²) in [6.07, 6.45) is 0. The summed E-state index contributed by atoms with van der Waals surface area (Å²) in [5.41, 5.74) is 5.36. The molecule has 6 heteroatoms. The Morgan fingerprint density at radius 3 is 2.56 bits per heavy atom. The number of nitrogens with zero attached hydrogens (tertiary/aromatic N) is 1. The van der Waals surface area contributed by atoms with Crippen molar-refractivity contribution in [3.63, 3.8) is 0 Å². The maximum absolute atomic E-state index is 11.9. The molecule has 0 aliphatic heterocycles. The highest BCUT2D eigenvalue weighted by atomic mass is 32.2. The van der Waals surface area contributed by atoms with Gasteiger partial charge in [0.1, 0.15) is 11.5 Å². The predicted octanol–water partition coefficient (Wildman–Crippen LogP) is 0.697. The van der Waals surface area contributed by atoms with E-state index in [1.165, 1.54) is 11.4 Å². The van der Waals surface area contributed by atoms with Crippen LogP contribution in [0, 0.1) is 6.92 Å². The molecule has 0 saturated heterocycles.